The summed E-state index contributed by atoms with van der Waals surface area (Å²) >= 11 is 7.09. The van der Waals surface area contributed by atoms with Crippen molar-refractivity contribution in [3.63, 3.8) is 0 Å². The van der Waals surface area contributed by atoms with Gasteiger partial charge in [-0.3, -0.25) is 9.59 Å². The van der Waals surface area contributed by atoms with Crippen LogP contribution in [0, 0.1) is 0 Å². The van der Waals surface area contributed by atoms with Gasteiger partial charge in [-0.05, 0) is 55.5 Å². The van der Waals surface area contributed by atoms with E-state index in [9.17, 15) is 14.4 Å². The number of hydrogen-bond donors (Lipinski definition) is 1. The topological polar surface area (TPSA) is 99.5 Å². The first-order valence-electron chi connectivity index (χ1n) is 9.86. The molecule has 0 fully saturated rings. The molecular weight excluding hydrogens is 466 g/mol. The average Bonchev–Trinajstić information content (AvgIpc) is 3.24. The zero-order chi connectivity index (χ0) is 23.5. The highest BCUT2D eigenvalue weighted by molar-refractivity contribution is 7.16. The molecule has 0 saturated carbocycles. The molecule has 0 atom stereocenters. The van der Waals surface area contributed by atoms with Gasteiger partial charge in [0.25, 0.3) is 11.5 Å². The molecule has 8 nitrogen and oxygen atoms in total. The van der Waals surface area contributed by atoms with Crippen molar-refractivity contribution in [2.75, 3.05) is 19.0 Å². The Morgan fingerprint density at radius 1 is 1.12 bits per heavy atom. The van der Waals surface area contributed by atoms with E-state index in [0.717, 1.165) is 16.0 Å². The summed E-state index contributed by atoms with van der Waals surface area (Å²) in [6, 6.07) is 13.0. The number of rotatable bonds is 6. The van der Waals surface area contributed by atoms with Crippen molar-refractivity contribution < 1.29 is 19.1 Å². The maximum atomic E-state index is 13.4. The number of hydrogen-bond acceptors (Lipinski definition) is 7. The number of fused-ring (bicyclic) bond motifs is 1. The number of thiophene rings is 1. The van der Waals surface area contributed by atoms with Crippen molar-refractivity contribution in [1.29, 1.82) is 0 Å². The molecule has 168 valence electrons. The maximum Gasteiger partial charge on any atom is 0.359 e. The summed E-state index contributed by atoms with van der Waals surface area (Å²) in [4.78, 5) is 38.8. The summed E-state index contributed by atoms with van der Waals surface area (Å²) < 4.78 is 11.3. The van der Waals surface area contributed by atoms with E-state index in [-0.39, 0.29) is 17.7 Å². The van der Waals surface area contributed by atoms with E-state index in [4.69, 9.17) is 21.1 Å². The Balaban J connectivity index is 1.84. The molecule has 2 aromatic heterocycles. The monoisotopic (exact) mass is 483 g/mol. The Bertz CT molecular complexity index is 1390. The van der Waals surface area contributed by atoms with Gasteiger partial charge in [0.2, 0.25) is 0 Å². The number of ether oxygens (including phenoxy) is 2. The van der Waals surface area contributed by atoms with Crippen LogP contribution in [0.5, 0.6) is 5.75 Å². The molecule has 0 bridgehead atoms. The minimum atomic E-state index is -0.670. The second-order valence-electron chi connectivity index (χ2n) is 6.80. The molecule has 10 heteroatoms. The standard InChI is InChI=1S/C23H18ClN3O5S/c1-3-32-23(30)19-17-12-33-21(25-20(28)13-4-10-16(31-2)11-5-13)18(17)22(29)27(26-19)15-8-6-14(24)7-9-15/h4-12H,3H2,1-2H3,(H,25,28). The van der Waals surface area contributed by atoms with Gasteiger partial charge < -0.3 is 14.8 Å². The van der Waals surface area contributed by atoms with E-state index in [1.165, 1.54) is 7.11 Å². The highest BCUT2D eigenvalue weighted by Gasteiger charge is 2.23. The molecule has 0 aliphatic carbocycles. The largest absolute Gasteiger partial charge is 0.497 e. The van der Waals surface area contributed by atoms with Crippen molar-refractivity contribution in [2.24, 2.45) is 0 Å². The summed E-state index contributed by atoms with van der Waals surface area (Å²) in [6.07, 6.45) is 0. The van der Waals surface area contributed by atoms with Crippen LogP contribution in [0.4, 0.5) is 5.00 Å². The van der Waals surface area contributed by atoms with Crippen molar-refractivity contribution >= 4 is 50.6 Å². The Hall–Kier alpha value is -3.69. The second-order valence-corrected chi connectivity index (χ2v) is 8.11. The lowest BCUT2D eigenvalue weighted by atomic mass is 10.2. The fourth-order valence-corrected chi connectivity index (χ4v) is 4.22. The number of carbonyl (C=O) groups excluding carboxylic acids is 2. The van der Waals surface area contributed by atoms with Crippen molar-refractivity contribution in [3.05, 3.63) is 80.5 Å². The quantitative estimate of drug-likeness (QED) is 0.404. The number of aromatic nitrogens is 2. The van der Waals surface area contributed by atoms with Crippen LogP contribution in [0.2, 0.25) is 5.02 Å². The van der Waals surface area contributed by atoms with E-state index >= 15 is 0 Å². The highest BCUT2D eigenvalue weighted by atomic mass is 35.5. The molecule has 4 aromatic rings. The van der Waals surface area contributed by atoms with Crippen molar-refractivity contribution in [3.8, 4) is 11.4 Å². The third kappa shape index (κ3) is 4.46. The summed E-state index contributed by atoms with van der Waals surface area (Å²) in [5, 5.41) is 9.88. The van der Waals surface area contributed by atoms with E-state index in [1.54, 1.807) is 60.8 Å². The van der Waals surface area contributed by atoms with Gasteiger partial charge >= 0.3 is 5.97 Å². The molecule has 33 heavy (non-hydrogen) atoms. The minimum absolute atomic E-state index is 0.0254. The molecule has 0 aliphatic rings. The van der Waals surface area contributed by atoms with Gasteiger partial charge in [0, 0.05) is 21.4 Å². The number of benzene rings is 2. The number of carbonyl (C=O) groups is 2. The van der Waals surface area contributed by atoms with Gasteiger partial charge in [0.05, 0.1) is 24.8 Å². The molecule has 1 amide bonds. The molecule has 2 aromatic carbocycles. The molecule has 0 saturated heterocycles. The maximum absolute atomic E-state index is 13.4. The second kappa shape index (κ2) is 9.43. The van der Waals surface area contributed by atoms with E-state index in [0.29, 0.717) is 32.4 Å². The molecular formula is C23H18ClN3O5S. The highest BCUT2D eigenvalue weighted by Crippen LogP contribution is 2.31. The molecule has 1 N–H and O–H groups in total. The lowest BCUT2D eigenvalue weighted by molar-refractivity contribution is 0.0520. The fourth-order valence-electron chi connectivity index (χ4n) is 3.17. The number of nitrogens with one attached hydrogen (secondary N) is 1. The molecule has 0 radical (unpaired) electrons. The zero-order valence-corrected chi connectivity index (χ0v) is 19.2. The van der Waals surface area contributed by atoms with Crippen LogP contribution < -0.4 is 15.6 Å². The normalized spacial score (nSPS) is 10.8. The van der Waals surface area contributed by atoms with Gasteiger partial charge in [-0.1, -0.05) is 11.6 Å². The number of amides is 1. The molecule has 0 aliphatic heterocycles. The third-order valence-corrected chi connectivity index (χ3v) is 5.92. The molecule has 4 rings (SSSR count). The summed E-state index contributed by atoms with van der Waals surface area (Å²) in [5.74, 6) is -0.464. The van der Waals surface area contributed by atoms with Crippen LogP contribution in [0.25, 0.3) is 16.5 Å². The first-order chi connectivity index (χ1) is 15.9. The van der Waals surface area contributed by atoms with Crippen molar-refractivity contribution in [2.45, 2.75) is 6.92 Å². The van der Waals surface area contributed by atoms with Crippen LogP contribution in [0.15, 0.2) is 58.7 Å². The van der Waals surface area contributed by atoms with E-state index in [1.807, 2.05) is 0 Å². The fraction of sp³-hybridized carbons (Fsp3) is 0.130. The van der Waals surface area contributed by atoms with Gasteiger partial charge in [0.1, 0.15) is 10.8 Å². The smallest absolute Gasteiger partial charge is 0.359 e. The average molecular weight is 484 g/mol. The first-order valence-corrected chi connectivity index (χ1v) is 11.1. The van der Waals surface area contributed by atoms with Gasteiger partial charge in [-0.15, -0.1) is 11.3 Å². The predicted octanol–water partition coefficient (Wildman–Crippen LogP) is 4.54. The van der Waals surface area contributed by atoms with E-state index < -0.39 is 17.4 Å². The van der Waals surface area contributed by atoms with Crippen LogP contribution >= 0.6 is 22.9 Å². The summed E-state index contributed by atoms with van der Waals surface area (Å²) in [6.45, 7) is 1.83. The Morgan fingerprint density at radius 3 is 2.45 bits per heavy atom. The third-order valence-electron chi connectivity index (χ3n) is 4.77. The number of methoxy groups -OCH3 is 1. The van der Waals surface area contributed by atoms with E-state index in [2.05, 4.69) is 10.4 Å². The Morgan fingerprint density at radius 2 is 1.82 bits per heavy atom. The van der Waals surface area contributed by atoms with Crippen LogP contribution in [0.3, 0.4) is 0 Å². The SMILES string of the molecule is CCOC(=O)c1nn(-c2ccc(Cl)cc2)c(=O)c2c(NC(=O)c3ccc(OC)cc3)scc12. The van der Waals surface area contributed by atoms with Gasteiger partial charge in [0.15, 0.2) is 5.69 Å². The number of nitrogens with zero attached hydrogens (tertiary/aromatic N) is 2. The van der Waals surface area contributed by atoms with Crippen LogP contribution in [-0.4, -0.2) is 35.4 Å². The lowest BCUT2D eigenvalue weighted by Gasteiger charge is -2.10. The summed E-state index contributed by atoms with van der Waals surface area (Å²) in [7, 11) is 1.54. The van der Waals surface area contributed by atoms with Gasteiger partial charge in [-0.25, -0.2) is 4.79 Å². The van der Waals surface area contributed by atoms with Crippen molar-refractivity contribution in [1.82, 2.24) is 9.78 Å². The molecule has 2 heterocycles. The molecule has 0 spiro atoms. The van der Waals surface area contributed by atoms with Crippen LogP contribution in [-0.2, 0) is 4.74 Å². The molecule has 0 unspecified atom stereocenters. The first kappa shape index (κ1) is 22.5. The number of anilines is 1. The number of esters is 1. The van der Waals surface area contributed by atoms with Gasteiger partial charge in [-0.2, -0.15) is 9.78 Å². The Labute approximate surface area is 197 Å². The minimum Gasteiger partial charge on any atom is -0.497 e. The number of halogens is 1. The lowest BCUT2D eigenvalue weighted by Crippen LogP contribution is -2.25. The van der Waals surface area contributed by atoms with Crippen LogP contribution in [0.1, 0.15) is 27.8 Å². The Kier molecular flexibility index (Phi) is 6.43. The predicted molar refractivity (Wildman–Crippen MR) is 127 cm³/mol. The summed E-state index contributed by atoms with van der Waals surface area (Å²) in [5.41, 5.74) is 0.278. The zero-order valence-electron chi connectivity index (χ0n) is 17.6.